The van der Waals surface area contributed by atoms with Gasteiger partial charge in [0.1, 0.15) is 11.9 Å². The van der Waals surface area contributed by atoms with Gasteiger partial charge in [-0.25, -0.2) is 0 Å². The molecule has 1 saturated heterocycles. The van der Waals surface area contributed by atoms with Crippen LogP contribution in [-0.4, -0.2) is 53.9 Å². The number of β-amino-alcohol motifs (C(OH)–C–C–N with tert-alkyl or cyclic N) is 1. The molecule has 1 aromatic carbocycles. The summed E-state index contributed by atoms with van der Waals surface area (Å²) in [5.41, 5.74) is 2.33. The molecular formula is C18H26N2O2. The largest absolute Gasteiger partial charge is 0.510 e. The maximum Gasteiger partial charge on any atom is 0.123 e. The Morgan fingerprint density at radius 3 is 2.27 bits per heavy atom. The second-order valence-electron chi connectivity index (χ2n) is 6.33. The van der Waals surface area contributed by atoms with E-state index < -0.39 is 6.10 Å². The van der Waals surface area contributed by atoms with Crippen LogP contribution in [0.2, 0.25) is 0 Å². The van der Waals surface area contributed by atoms with Crippen LogP contribution < -0.4 is 4.90 Å². The summed E-state index contributed by atoms with van der Waals surface area (Å²) in [6, 6.07) is 10.5. The van der Waals surface area contributed by atoms with Gasteiger partial charge in [0.05, 0.1) is 0 Å². The van der Waals surface area contributed by atoms with Gasteiger partial charge >= 0.3 is 0 Å². The Labute approximate surface area is 132 Å². The van der Waals surface area contributed by atoms with E-state index >= 15 is 0 Å². The quantitative estimate of drug-likeness (QED) is 0.839. The van der Waals surface area contributed by atoms with E-state index in [9.17, 15) is 10.2 Å². The number of aliphatic hydroxyl groups is 2. The first-order valence-corrected chi connectivity index (χ1v) is 8.35. The Morgan fingerprint density at radius 2 is 1.64 bits per heavy atom. The van der Waals surface area contributed by atoms with Crippen LogP contribution in [0.4, 0.5) is 5.69 Å². The molecule has 1 aliphatic heterocycles. The first-order chi connectivity index (χ1) is 10.7. The van der Waals surface area contributed by atoms with Gasteiger partial charge in [-0.05, 0) is 43.4 Å². The molecule has 1 heterocycles. The highest BCUT2D eigenvalue weighted by molar-refractivity contribution is 5.46. The van der Waals surface area contributed by atoms with Crippen molar-refractivity contribution >= 4 is 5.69 Å². The van der Waals surface area contributed by atoms with Crippen LogP contribution in [0.5, 0.6) is 0 Å². The number of hydrogen-bond acceptors (Lipinski definition) is 4. The number of piperazine rings is 1. The normalized spacial score (nSPS) is 21.1. The Hall–Kier alpha value is -1.52. The lowest BCUT2D eigenvalue weighted by Crippen LogP contribution is -2.48. The van der Waals surface area contributed by atoms with Crippen LogP contribution in [0.25, 0.3) is 0 Å². The summed E-state index contributed by atoms with van der Waals surface area (Å²) in [5.74, 6) is 0.239. The van der Waals surface area contributed by atoms with E-state index in [0.29, 0.717) is 6.54 Å². The minimum atomic E-state index is -0.726. The molecule has 1 aliphatic carbocycles. The second-order valence-corrected chi connectivity index (χ2v) is 6.33. The average Bonchev–Trinajstić information content (AvgIpc) is 3.10. The van der Waals surface area contributed by atoms with Gasteiger partial charge in [0.15, 0.2) is 0 Å². The van der Waals surface area contributed by atoms with Crippen molar-refractivity contribution in [2.75, 3.05) is 37.6 Å². The average molecular weight is 302 g/mol. The van der Waals surface area contributed by atoms with Gasteiger partial charge in [-0.1, -0.05) is 18.2 Å². The van der Waals surface area contributed by atoms with Crippen molar-refractivity contribution in [3.8, 4) is 0 Å². The lowest BCUT2D eigenvalue weighted by atomic mass is 10.1. The summed E-state index contributed by atoms with van der Waals surface area (Å²) in [6.07, 6.45) is 3.45. The van der Waals surface area contributed by atoms with E-state index in [1.54, 1.807) is 0 Å². The van der Waals surface area contributed by atoms with Crippen molar-refractivity contribution in [3.63, 3.8) is 0 Å². The Balaban J connectivity index is 1.50. The number of para-hydroxylation sites is 1. The number of benzene rings is 1. The molecule has 1 atom stereocenters. The summed E-state index contributed by atoms with van der Waals surface area (Å²) in [4.78, 5) is 4.62. The summed E-state index contributed by atoms with van der Waals surface area (Å²) in [6.45, 7) is 4.32. The van der Waals surface area contributed by atoms with Gasteiger partial charge in [-0.3, -0.25) is 4.90 Å². The molecule has 1 saturated carbocycles. The van der Waals surface area contributed by atoms with E-state index in [-0.39, 0.29) is 5.76 Å². The Bertz CT molecular complexity index is 499. The number of aliphatic hydroxyl groups excluding tert-OH is 2. The molecule has 22 heavy (non-hydrogen) atoms. The highest BCUT2D eigenvalue weighted by atomic mass is 16.3. The lowest BCUT2D eigenvalue weighted by molar-refractivity contribution is 0.0975. The standard InChI is InChI=1S/C18H26N2O2/c21-17(18(22)15-6-4-5-7-15)14-19-10-12-20(13-11-19)16-8-2-1-3-9-16/h1-3,8-9,17,21-22H,4-7,10-14H2/t17-/m0/s1. The third kappa shape index (κ3) is 3.62. The van der Waals surface area contributed by atoms with E-state index in [0.717, 1.165) is 57.4 Å². The number of allylic oxidation sites excluding steroid dienone is 1. The monoisotopic (exact) mass is 302 g/mol. The summed E-state index contributed by atoms with van der Waals surface area (Å²) in [7, 11) is 0. The van der Waals surface area contributed by atoms with Crippen LogP contribution >= 0.6 is 0 Å². The fourth-order valence-corrected chi connectivity index (χ4v) is 3.45. The van der Waals surface area contributed by atoms with Crippen molar-refractivity contribution in [2.24, 2.45) is 0 Å². The van der Waals surface area contributed by atoms with Crippen LogP contribution in [0.3, 0.4) is 0 Å². The fourth-order valence-electron chi connectivity index (χ4n) is 3.45. The first-order valence-electron chi connectivity index (χ1n) is 8.35. The third-order valence-electron chi connectivity index (χ3n) is 4.81. The zero-order valence-electron chi connectivity index (χ0n) is 13.1. The van der Waals surface area contributed by atoms with E-state index in [2.05, 4.69) is 34.1 Å². The van der Waals surface area contributed by atoms with Crippen molar-refractivity contribution in [3.05, 3.63) is 41.7 Å². The maximum absolute atomic E-state index is 10.3. The number of nitrogens with zero attached hydrogens (tertiary/aromatic N) is 2. The highest BCUT2D eigenvalue weighted by Crippen LogP contribution is 2.27. The molecule has 2 N–H and O–H groups in total. The van der Waals surface area contributed by atoms with Gasteiger partial charge in [0.2, 0.25) is 0 Å². The molecule has 1 aromatic rings. The molecule has 0 unspecified atom stereocenters. The lowest BCUT2D eigenvalue weighted by Gasteiger charge is -2.36. The van der Waals surface area contributed by atoms with Gasteiger partial charge in [0.25, 0.3) is 0 Å². The molecular weight excluding hydrogens is 276 g/mol. The summed E-state index contributed by atoms with van der Waals surface area (Å²) >= 11 is 0. The Morgan fingerprint density at radius 1 is 1.00 bits per heavy atom. The SMILES string of the molecule is OC(=C1CCCC1)[C@@H](O)CN1CCN(c2ccccc2)CC1. The van der Waals surface area contributed by atoms with Crippen LogP contribution in [-0.2, 0) is 0 Å². The van der Waals surface area contributed by atoms with Crippen molar-refractivity contribution in [1.82, 2.24) is 4.90 Å². The van der Waals surface area contributed by atoms with Gasteiger partial charge in [-0.15, -0.1) is 0 Å². The topological polar surface area (TPSA) is 46.9 Å². The molecule has 4 nitrogen and oxygen atoms in total. The molecule has 0 spiro atoms. The van der Waals surface area contributed by atoms with Crippen LogP contribution in [0, 0.1) is 0 Å². The highest BCUT2D eigenvalue weighted by Gasteiger charge is 2.23. The minimum Gasteiger partial charge on any atom is -0.510 e. The number of rotatable bonds is 4. The van der Waals surface area contributed by atoms with E-state index in [1.165, 1.54) is 5.69 Å². The molecule has 0 bridgehead atoms. The van der Waals surface area contributed by atoms with Crippen molar-refractivity contribution < 1.29 is 10.2 Å². The van der Waals surface area contributed by atoms with Gasteiger partial charge < -0.3 is 15.1 Å². The smallest absolute Gasteiger partial charge is 0.123 e. The van der Waals surface area contributed by atoms with E-state index in [4.69, 9.17) is 0 Å². The molecule has 2 fully saturated rings. The predicted octanol–water partition coefficient (Wildman–Crippen LogP) is 2.56. The number of anilines is 1. The molecule has 0 radical (unpaired) electrons. The molecule has 0 aromatic heterocycles. The third-order valence-corrected chi connectivity index (χ3v) is 4.81. The summed E-state index contributed by atoms with van der Waals surface area (Å²) < 4.78 is 0. The van der Waals surface area contributed by atoms with E-state index in [1.807, 2.05) is 6.07 Å². The predicted molar refractivity (Wildman–Crippen MR) is 89.2 cm³/mol. The molecule has 4 heteroatoms. The van der Waals surface area contributed by atoms with Crippen molar-refractivity contribution in [2.45, 2.75) is 31.8 Å². The van der Waals surface area contributed by atoms with Gasteiger partial charge in [0, 0.05) is 38.4 Å². The molecule has 3 rings (SSSR count). The molecule has 2 aliphatic rings. The minimum absolute atomic E-state index is 0.239. The van der Waals surface area contributed by atoms with Crippen molar-refractivity contribution in [1.29, 1.82) is 0 Å². The first kappa shape index (κ1) is 15.4. The molecule has 120 valence electrons. The van der Waals surface area contributed by atoms with Crippen LogP contribution in [0.1, 0.15) is 25.7 Å². The van der Waals surface area contributed by atoms with Crippen LogP contribution in [0.15, 0.2) is 41.7 Å². The fraction of sp³-hybridized carbons (Fsp3) is 0.556. The van der Waals surface area contributed by atoms with Gasteiger partial charge in [-0.2, -0.15) is 0 Å². The number of hydrogen-bond donors (Lipinski definition) is 2. The Kier molecular flexibility index (Phi) is 5.01. The second kappa shape index (κ2) is 7.16. The molecule has 0 amide bonds. The zero-order chi connectivity index (χ0) is 15.4. The maximum atomic E-state index is 10.3. The summed E-state index contributed by atoms with van der Waals surface area (Å²) in [5, 5.41) is 20.4. The zero-order valence-corrected chi connectivity index (χ0v) is 13.1.